The molecule has 1 aliphatic heterocycles. The molecule has 1 saturated heterocycles. The van der Waals surface area contributed by atoms with Crippen molar-refractivity contribution in [3.63, 3.8) is 0 Å². The Kier molecular flexibility index (Phi) is 5.40. The van der Waals surface area contributed by atoms with Crippen molar-refractivity contribution < 1.29 is 21.2 Å². The predicted molar refractivity (Wildman–Crippen MR) is 87.2 cm³/mol. The predicted octanol–water partition coefficient (Wildman–Crippen LogP) is 2.31. The number of halogens is 2. The van der Waals surface area contributed by atoms with Gasteiger partial charge in [0.25, 0.3) is 0 Å². The second-order valence-electron chi connectivity index (χ2n) is 6.10. The summed E-state index contributed by atoms with van der Waals surface area (Å²) in [5, 5.41) is 0.0975. The average Bonchev–Trinajstić information content (AvgIpc) is 2.75. The lowest BCUT2D eigenvalue weighted by atomic mass is 10.2. The molecule has 130 valence electrons. The summed E-state index contributed by atoms with van der Waals surface area (Å²) in [6.45, 7) is 3.78. The van der Waals surface area contributed by atoms with E-state index in [1.807, 2.05) is 13.8 Å². The third-order valence-corrected chi connectivity index (χ3v) is 7.58. The molecule has 0 aliphatic carbocycles. The summed E-state index contributed by atoms with van der Waals surface area (Å²) in [5.41, 5.74) is 0. The van der Waals surface area contributed by atoms with Crippen LogP contribution < -0.4 is 0 Å². The highest BCUT2D eigenvalue weighted by Gasteiger charge is 2.39. The number of sulfonamides is 1. The number of nitrogens with zero attached hydrogens (tertiary/aromatic N) is 1. The Hall–Kier alpha value is -0.700. The first-order valence-corrected chi connectivity index (χ1v) is 10.8. The zero-order chi connectivity index (χ0) is 17.4. The molecule has 0 N–H and O–H groups in total. The van der Waals surface area contributed by atoms with Gasteiger partial charge < -0.3 is 0 Å². The normalized spacial score (nSPS) is 21.2. The first kappa shape index (κ1) is 18.6. The fourth-order valence-corrected chi connectivity index (χ4v) is 6.47. The molecule has 1 aromatic carbocycles. The van der Waals surface area contributed by atoms with Gasteiger partial charge in [0.1, 0.15) is 10.7 Å². The summed E-state index contributed by atoms with van der Waals surface area (Å²) >= 11 is 5.67. The first-order chi connectivity index (χ1) is 10.5. The standard InChI is InChI=1S/C14H19ClFNO4S2/c1-10(2)8-17(12-5-6-22(18,19)9-12)23(20,21)14-4-3-11(15)7-13(14)16/h3-4,7,10,12H,5-6,8-9H2,1-2H3. The van der Waals surface area contributed by atoms with Gasteiger partial charge in [-0.15, -0.1) is 0 Å². The van der Waals surface area contributed by atoms with E-state index in [2.05, 4.69) is 0 Å². The molecule has 1 fully saturated rings. The number of benzene rings is 1. The van der Waals surface area contributed by atoms with Crippen LogP contribution in [0.25, 0.3) is 0 Å². The molecule has 1 aliphatic rings. The second kappa shape index (κ2) is 6.66. The van der Waals surface area contributed by atoms with E-state index in [0.717, 1.165) is 16.4 Å². The number of hydrogen-bond donors (Lipinski definition) is 0. The maximum absolute atomic E-state index is 14.1. The van der Waals surface area contributed by atoms with E-state index < -0.39 is 36.6 Å². The van der Waals surface area contributed by atoms with Crippen LogP contribution in [-0.4, -0.2) is 45.2 Å². The molecule has 1 heterocycles. The molecule has 1 aromatic rings. The zero-order valence-corrected chi connectivity index (χ0v) is 15.3. The van der Waals surface area contributed by atoms with Gasteiger partial charge in [-0.1, -0.05) is 25.4 Å². The van der Waals surface area contributed by atoms with Crippen molar-refractivity contribution in [2.75, 3.05) is 18.1 Å². The smallest absolute Gasteiger partial charge is 0.229 e. The minimum atomic E-state index is -4.14. The van der Waals surface area contributed by atoms with Crippen LogP contribution in [0.1, 0.15) is 20.3 Å². The van der Waals surface area contributed by atoms with E-state index in [0.29, 0.717) is 0 Å². The molecule has 1 unspecified atom stereocenters. The van der Waals surface area contributed by atoms with Crippen molar-refractivity contribution in [1.82, 2.24) is 4.31 Å². The highest BCUT2D eigenvalue weighted by atomic mass is 35.5. The zero-order valence-electron chi connectivity index (χ0n) is 12.9. The summed E-state index contributed by atoms with van der Waals surface area (Å²) in [4.78, 5) is -0.480. The van der Waals surface area contributed by atoms with Gasteiger partial charge in [-0.2, -0.15) is 4.31 Å². The summed E-state index contributed by atoms with van der Waals surface area (Å²) in [6.07, 6.45) is 0.226. The lowest BCUT2D eigenvalue weighted by molar-refractivity contribution is 0.306. The molecule has 1 atom stereocenters. The van der Waals surface area contributed by atoms with Gasteiger partial charge in [0.2, 0.25) is 10.0 Å². The van der Waals surface area contributed by atoms with Gasteiger partial charge in [-0.3, -0.25) is 0 Å². The van der Waals surface area contributed by atoms with E-state index in [1.54, 1.807) is 0 Å². The van der Waals surface area contributed by atoms with E-state index in [9.17, 15) is 21.2 Å². The number of hydrogen-bond acceptors (Lipinski definition) is 4. The van der Waals surface area contributed by atoms with Gasteiger partial charge in [0, 0.05) is 17.6 Å². The van der Waals surface area contributed by atoms with E-state index >= 15 is 0 Å². The average molecular weight is 384 g/mol. The molecule has 23 heavy (non-hydrogen) atoms. The topological polar surface area (TPSA) is 71.5 Å². The Bertz CT molecular complexity index is 793. The van der Waals surface area contributed by atoms with Crippen LogP contribution in [0.15, 0.2) is 23.1 Å². The Morgan fingerprint density at radius 2 is 2.04 bits per heavy atom. The SMILES string of the molecule is CC(C)CN(C1CCS(=O)(=O)C1)S(=O)(=O)c1ccc(Cl)cc1F. The maximum Gasteiger partial charge on any atom is 0.246 e. The van der Waals surface area contributed by atoms with Crippen LogP contribution in [0, 0.1) is 11.7 Å². The summed E-state index contributed by atoms with van der Waals surface area (Å²) in [6, 6.07) is 2.69. The highest BCUT2D eigenvalue weighted by Crippen LogP contribution is 2.28. The van der Waals surface area contributed by atoms with Gasteiger partial charge in [-0.05, 0) is 30.5 Å². The van der Waals surface area contributed by atoms with Crippen LogP contribution in [-0.2, 0) is 19.9 Å². The quantitative estimate of drug-likeness (QED) is 0.782. The summed E-state index contributed by atoms with van der Waals surface area (Å²) in [5.74, 6) is -1.24. The van der Waals surface area contributed by atoms with E-state index in [1.165, 1.54) is 6.07 Å². The van der Waals surface area contributed by atoms with Crippen molar-refractivity contribution in [2.45, 2.75) is 31.2 Å². The molecule has 0 spiro atoms. The number of sulfone groups is 1. The molecule has 0 radical (unpaired) electrons. The first-order valence-electron chi connectivity index (χ1n) is 7.20. The van der Waals surface area contributed by atoms with Crippen molar-refractivity contribution in [3.05, 3.63) is 29.0 Å². The highest BCUT2D eigenvalue weighted by molar-refractivity contribution is 7.92. The molecule has 0 aromatic heterocycles. The second-order valence-corrected chi connectivity index (χ2v) is 10.6. The molecule has 0 bridgehead atoms. The molecule has 9 heteroatoms. The Morgan fingerprint density at radius 1 is 1.39 bits per heavy atom. The number of rotatable bonds is 5. The van der Waals surface area contributed by atoms with Crippen molar-refractivity contribution in [1.29, 1.82) is 0 Å². The van der Waals surface area contributed by atoms with Crippen molar-refractivity contribution >= 4 is 31.5 Å². The van der Waals surface area contributed by atoms with Gasteiger partial charge in [0.05, 0.1) is 11.5 Å². The molecule has 5 nitrogen and oxygen atoms in total. The van der Waals surface area contributed by atoms with Crippen LogP contribution in [0.2, 0.25) is 5.02 Å². The Balaban J connectivity index is 2.45. The van der Waals surface area contributed by atoms with Gasteiger partial charge in [0.15, 0.2) is 9.84 Å². The van der Waals surface area contributed by atoms with Crippen LogP contribution in [0.5, 0.6) is 0 Å². The largest absolute Gasteiger partial charge is 0.246 e. The third kappa shape index (κ3) is 4.23. The van der Waals surface area contributed by atoms with Crippen LogP contribution >= 0.6 is 11.6 Å². The van der Waals surface area contributed by atoms with E-state index in [4.69, 9.17) is 11.6 Å². The summed E-state index contributed by atoms with van der Waals surface area (Å²) < 4.78 is 64.3. The van der Waals surface area contributed by atoms with Crippen LogP contribution in [0.4, 0.5) is 4.39 Å². The van der Waals surface area contributed by atoms with Crippen LogP contribution in [0.3, 0.4) is 0 Å². The summed E-state index contributed by atoms with van der Waals surface area (Å²) in [7, 11) is -7.40. The lowest BCUT2D eigenvalue weighted by Crippen LogP contribution is -2.43. The van der Waals surface area contributed by atoms with Gasteiger partial charge in [-0.25, -0.2) is 21.2 Å². The molecule has 2 rings (SSSR count). The third-order valence-electron chi connectivity index (χ3n) is 3.64. The Morgan fingerprint density at radius 3 is 2.52 bits per heavy atom. The van der Waals surface area contributed by atoms with Crippen molar-refractivity contribution in [3.8, 4) is 0 Å². The molecule has 0 saturated carbocycles. The minimum absolute atomic E-state index is 0.0246. The van der Waals surface area contributed by atoms with E-state index in [-0.39, 0.29) is 35.4 Å². The monoisotopic (exact) mass is 383 g/mol. The fraction of sp³-hybridized carbons (Fsp3) is 0.571. The lowest BCUT2D eigenvalue weighted by Gasteiger charge is -2.29. The maximum atomic E-state index is 14.1. The van der Waals surface area contributed by atoms with Gasteiger partial charge >= 0.3 is 0 Å². The minimum Gasteiger partial charge on any atom is -0.229 e. The molecule has 0 amide bonds. The molecular formula is C14H19ClFNO4S2. The fourth-order valence-electron chi connectivity index (χ4n) is 2.62. The Labute approximate surface area is 141 Å². The van der Waals surface area contributed by atoms with Crippen molar-refractivity contribution in [2.24, 2.45) is 5.92 Å². The molecular weight excluding hydrogens is 365 g/mol.